The van der Waals surface area contributed by atoms with Gasteiger partial charge in [-0.3, -0.25) is 0 Å². The Balaban J connectivity index is 1.82. The zero-order valence-electron chi connectivity index (χ0n) is 10.1. The summed E-state index contributed by atoms with van der Waals surface area (Å²) >= 11 is 0. The van der Waals surface area contributed by atoms with Crippen LogP contribution in [0.25, 0.3) is 5.69 Å². The van der Waals surface area contributed by atoms with Gasteiger partial charge >= 0.3 is 0 Å². The van der Waals surface area contributed by atoms with Gasteiger partial charge in [-0.1, -0.05) is 18.2 Å². The Morgan fingerprint density at radius 3 is 2.37 bits per heavy atom. The van der Waals surface area contributed by atoms with Gasteiger partial charge in [0.25, 0.3) is 0 Å². The van der Waals surface area contributed by atoms with Crippen molar-refractivity contribution in [2.75, 3.05) is 0 Å². The second-order valence-corrected chi connectivity index (χ2v) is 4.05. The lowest BCUT2D eigenvalue weighted by Gasteiger charge is -2.02. The first kappa shape index (κ1) is 11.3. The summed E-state index contributed by atoms with van der Waals surface area (Å²) < 4.78 is 7.36. The van der Waals surface area contributed by atoms with Crippen molar-refractivity contribution in [2.45, 2.75) is 0 Å². The van der Waals surface area contributed by atoms with Crippen LogP contribution in [0.15, 0.2) is 67.0 Å². The van der Waals surface area contributed by atoms with Crippen molar-refractivity contribution < 1.29 is 9.84 Å². The number of phenols is 1. The molecule has 2 aromatic carbocycles. The van der Waals surface area contributed by atoms with E-state index in [4.69, 9.17) is 4.74 Å². The Labute approximate surface area is 110 Å². The minimum atomic E-state index is 0.233. The molecule has 3 rings (SSSR count). The quantitative estimate of drug-likeness (QED) is 0.777. The van der Waals surface area contributed by atoms with Crippen LogP contribution >= 0.6 is 0 Å². The van der Waals surface area contributed by atoms with E-state index >= 15 is 0 Å². The number of phenolic OH excluding ortho intramolecular Hbond substituents is 1. The van der Waals surface area contributed by atoms with Gasteiger partial charge in [0.1, 0.15) is 11.5 Å². The molecule has 0 aliphatic rings. The fourth-order valence-corrected chi connectivity index (χ4v) is 1.73. The summed E-state index contributed by atoms with van der Waals surface area (Å²) in [6.07, 6.45) is 3.44. The van der Waals surface area contributed by atoms with Crippen LogP contribution in [0.2, 0.25) is 0 Å². The van der Waals surface area contributed by atoms with E-state index in [0.717, 1.165) is 11.4 Å². The average molecular weight is 252 g/mol. The van der Waals surface area contributed by atoms with Gasteiger partial charge in [0.05, 0.1) is 18.1 Å². The maximum atomic E-state index is 9.25. The van der Waals surface area contributed by atoms with Gasteiger partial charge in [-0.2, -0.15) is 5.10 Å². The topological polar surface area (TPSA) is 47.3 Å². The summed E-state index contributed by atoms with van der Waals surface area (Å²) in [5, 5.41) is 13.5. The van der Waals surface area contributed by atoms with E-state index in [9.17, 15) is 5.11 Å². The highest BCUT2D eigenvalue weighted by Crippen LogP contribution is 2.21. The van der Waals surface area contributed by atoms with Crippen molar-refractivity contribution in [1.29, 1.82) is 0 Å². The smallest absolute Gasteiger partial charge is 0.165 e. The minimum Gasteiger partial charge on any atom is -0.508 e. The number of para-hydroxylation sites is 1. The SMILES string of the molecule is Oc1ccc(-n2cc(Oc3ccccc3)cn2)cc1. The summed E-state index contributed by atoms with van der Waals surface area (Å²) in [6, 6.07) is 16.4. The van der Waals surface area contributed by atoms with E-state index in [-0.39, 0.29) is 5.75 Å². The van der Waals surface area contributed by atoms with Crippen LogP contribution in [-0.4, -0.2) is 14.9 Å². The molecule has 0 spiro atoms. The number of hydrogen-bond acceptors (Lipinski definition) is 3. The van der Waals surface area contributed by atoms with Gasteiger partial charge in [-0.05, 0) is 36.4 Å². The Morgan fingerprint density at radius 2 is 1.63 bits per heavy atom. The molecule has 0 atom stereocenters. The van der Waals surface area contributed by atoms with Crippen molar-refractivity contribution in [3.63, 3.8) is 0 Å². The molecule has 0 saturated carbocycles. The molecule has 0 radical (unpaired) electrons. The highest BCUT2D eigenvalue weighted by atomic mass is 16.5. The molecule has 94 valence electrons. The second kappa shape index (κ2) is 4.86. The Kier molecular flexibility index (Phi) is 2.90. The molecule has 19 heavy (non-hydrogen) atoms. The van der Waals surface area contributed by atoms with Gasteiger partial charge < -0.3 is 9.84 Å². The van der Waals surface area contributed by atoms with Crippen molar-refractivity contribution >= 4 is 0 Å². The lowest BCUT2D eigenvalue weighted by molar-refractivity contribution is 0.475. The van der Waals surface area contributed by atoms with Crippen LogP contribution < -0.4 is 4.74 Å². The molecule has 0 bridgehead atoms. The van der Waals surface area contributed by atoms with Gasteiger partial charge in [0.2, 0.25) is 0 Å². The van der Waals surface area contributed by atoms with Crippen molar-refractivity contribution in [3.8, 4) is 22.9 Å². The Hall–Kier alpha value is -2.75. The molecule has 0 saturated heterocycles. The molecular formula is C15H12N2O2. The normalized spacial score (nSPS) is 10.3. The lowest BCUT2D eigenvalue weighted by Crippen LogP contribution is -1.92. The van der Waals surface area contributed by atoms with Crippen molar-refractivity contribution in [2.24, 2.45) is 0 Å². The van der Waals surface area contributed by atoms with Gasteiger partial charge in [-0.15, -0.1) is 0 Å². The number of nitrogens with zero attached hydrogens (tertiary/aromatic N) is 2. The van der Waals surface area contributed by atoms with Gasteiger partial charge in [0, 0.05) is 0 Å². The van der Waals surface area contributed by atoms with Crippen molar-refractivity contribution in [1.82, 2.24) is 9.78 Å². The third kappa shape index (κ3) is 2.57. The molecule has 0 amide bonds. The molecule has 0 aliphatic carbocycles. The third-order valence-corrected chi connectivity index (χ3v) is 2.65. The molecule has 1 N–H and O–H groups in total. The average Bonchev–Trinajstić information content (AvgIpc) is 2.89. The summed E-state index contributed by atoms with van der Waals surface area (Å²) in [7, 11) is 0. The van der Waals surface area contributed by atoms with E-state index < -0.39 is 0 Å². The predicted octanol–water partition coefficient (Wildman–Crippen LogP) is 3.37. The molecule has 4 nitrogen and oxygen atoms in total. The van der Waals surface area contributed by atoms with Crippen LogP contribution in [0.4, 0.5) is 0 Å². The number of rotatable bonds is 3. The van der Waals surface area contributed by atoms with Crippen LogP contribution in [-0.2, 0) is 0 Å². The zero-order chi connectivity index (χ0) is 13.1. The largest absolute Gasteiger partial charge is 0.508 e. The van der Waals surface area contributed by atoms with Crippen LogP contribution in [0.3, 0.4) is 0 Å². The number of benzene rings is 2. The number of aromatic nitrogens is 2. The van der Waals surface area contributed by atoms with Crippen molar-refractivity contribution in [3.05, 3.63) is 67.0 Å². The van der Waals surface area contributed by atoms with E-state index in [1.165, 1.54) is 0 Å². The Morgan fingerprint density at radius 1 is 0.895 bits per heavy atom. The predicted molar refractivity (Wildman–Crippen MR) is 71.7 cm³/mol. The monoisotopic (exact) mass is 252 g/mol. The van der Waals surface area contributed by atoms with Crippen LogP contribution in [0.1, 0.15) is 0 Å². The second-order valence-electron chi connectivity index (χ2n) is 4.05. The van der Waals surface area contributed by atoms with Gasteiger partial charge in [-0.25, -0.2) is 4.68 Å². The molecule has 1 heterocycles. The summed E-state index contributed by atoms with van der Waals surface area (Å²) in [5.74, 6) is 1.67. The maximum absolute atomic E-state index is 9.25. The summed E-state index contributed by atoms with van der Waals surface area (Å²) in [6.45, 7) is 0. The molecular weight excluding hydrogens is 240 g/mol. The van der Waals surface area contributed by atoms with E-state index in [0.29, 0.717) is 5.75 Å². The maximum Gasteiger partial charge on any atom is 0.165 e. The lowest BCUT2D eigenvalue weighted by atomic mass is 10.3. The number of ether oxygens (including phenoxy) is 1. The first-order valence-corrected chi connectivity index (χ1v) is 5.88. The molecule has 0 fully saturated rings. The summed E-state index contributed by atoms with van der Waals surface area (Å²) in [4.78, 5) is 0. The summed E-state index contributed by atoms with van der Waals surface area (Å²) in [5.41, 5.74) is 0.862. The first-order valence-electron chi connectivity index (χ1n) is 5.88. The Bertz CT molecular complexity index is 660. The first-order chi connectivity index (χ1) is 9.31. The highest BCUT2D eigenvalue weighted by Gasteiger charge is 2.03. The number of hydrogen-bond donors (Lipinski definition) is 1. The van der Waals surface area contributed by atoms with E-state index in [1.54, 1.807) is 41.3 Å². The zero-order valence-corrected chi connectivity index (χ0v) is 10.1. The molecule has 0 unspecified atom stereocenters. The van der Waals surface area contributed by atoms with Gasteiger partial charge in [0.15, 0.2) is 5.75 Å². The van der Waals surface area contributed by atoms with E-state index in [1.807, 2.05) is 30.3 Å². The molecule has 4 heteroatoms. The third-order valence-electron chi connectivity index (χ3n) is 2.65. The standard InChI is InChI=1S/C15H12N2O2/c18-13-8-6-12(7-9-13)17-11-15(10-16-17)19-14-4-2-1-3-5-14/h1-11,18H. The molecule has 1 aromatic heterocycles. The number of aromatic hydroxyl groups is 1. The highest BCUT2D eigenvalue weighted by molar-refractivity contribution is 5.37. The minimum absolute atomic E-state index is 0.233. The fourth-order valence-electron chi connectivity index (χ4n) is 1.73. The van der Waals surface area contributed by atoms with Crippen LogP contribution in [0.5, 0.6) is 17.2 Å². The fraction of sp³-hybridized carbons (Fsp3) is 0. The van der Waals surface area contributed by atoms with E-state index in [2.05, 4.69) is 5.10 Å². The molecule has 0 aliphatic heterocycles. The molecule has 3 aromatic rings. The van der Waals surface area contributed by atoms with Crippen LogP contribution in [0, 0.1) is 0 Å².